The summed E-state index contributed by atoms with van der Waals surface area (Å²) in [6, 6.07) is 13.6. The van der Waals surface area contributed by atoms with Gasteiger partial charge in [0.15, 0.2) is 5.13 Å². The molecule has 202 valence electrons. The zero-order valence-corrected chi connectivity index (χ0v) is 22.8. The van der Waals surface area contributed by atoms with Gasteiger partial charge < -0.3 is 14.8 Å². The van der Waals surface area contributed by atoms with Crippen LogP contribution < -0.4 is 5.32 Å². The van der Waals surface area contributed by atoms with Crippen LogP contribution in [0, 0.1) is 16.0 Å². The van der Waals surface area contributed by atoms with Gasteiger partial charge in [0.2, 0.25) is 0 Å². The van der Waals surface area contributed by atoms with Crippen LogP contribution in [0.2, 0.25) is 0 Å². The topological polar surface area (TPSA) is 133 Å². The molecule has 2 atom stereocenters. The number of carbonyl (C=O) groups is 2. The van der Waals surface area contributed by atoms with Gasteiger partial charge in [-0.05, 0) is 57.5 Å². The molecule has 2 heterocycles. The van der Waals surface area contributed by atoms with E-state index >= 15 is 0 Å². The number of nitro benzene ring substituents is 1. The Hall–Kier alpha value is -4.38. The van der Waals surface area contributed by atoms with Gasteiger partial charge in [-0.3, -0.25) is 19.9 Å². The van der Waals surface area contributed by atoms with Gasteiger partial charge in [0, 0.05) is 46.1 Å². The van der Waals surface area contributed by atoms with Gasteiger partial charge in [-0.2, -0.15) is 0 Å². The summed E-state index contributed by atoms with van der Waals surface area (Å²) in [4.78, 5) is 45.7. The van der Waals surface area contributed by atoms with E-state index in [2.05, 4.69) is 15.3 Å². The lowest BCUT2D eigenvalue weighted by Gasteiger charge is -2.31. The Balaban J connectivity index is 1.66. The second kappa shape index (κ2) is 12.0. The van der Waals surface area contributed by atoms with E-state index in [0.29, 0.717) is 33.5 Å². The molecule has 0 saturated carbocycles. The molecule has 0 radical (unpaired) electrons. The van der Waals surface area contributed by atoms with Crippen LogP contribution in [0.25, 0.3) is 11.3 Å². The summed E-state index contributed by atoms with van der Waals surface area (Å²) in [5.74, 6) is -2.40. The molecule has 0 spiro atoms. The number of aliphatic imine (C=N–C) groups is 1. The Morgan fingerprint density at radius 1 is 1.08 bits per heavy atom. The monoisotopic (exact) mass is 548 g/mol. The number of allylic oxidation sites excluding steroid dienone is 1. The zero-order chi connectivity index (χ0) is 28.1. The molecule has 4 rings (SSSR count). The van der Waals surface area contributed by atoms with Crippen LogP contribution >= 0.6 is 11.3 Å². The van der Waals surface area contributed by atoms with Crippen LogP contribution in [-0.4, -0.2) is 40.8 Å². The molecular weight excluding hydrogens is 520 g/mol. The van der Waals surface area contributed by atoms with Crippen molar-refractivity contribution in [2.45, 2.75) is 33.6 Å². The van der Waals surface area contributed by atoms with Crippen LogP contribution in [0.3, 0.4) is 0 Å². The van der Waals surface area contributed by atoms with Gasteiger partial charge in [0.05, 0.1) is 29.4 Å². The fourth-order valence-corrected chi connectivity index (χ4v) is 5.30. The molecule has 3 aromatic rings. The number of nitrogens with zero attached hydrogens (tertiary/aromatic N) is 3. The van der Waals surface area contributed by atoms with Gasteiger partial charge in [-0.1, -0.05) is 12.1 Å². The first kappa shape index (κ1) is 27.6. The molecule has 0 bridgehead atoms. The first-order valence-electron chi connectivity index (χ1n) is 12.4. The lowest BCUT2D eigenvalue weighted by molar-refractivity contribution is -0.384. The Kier molecular flexibility index (Phi) is 8.50. The zero-order valence-electron chi connectivity index (χ0n) is 22.0. The van der Waals surface area contributed by atoms with E-state index in [9.17, 15) is 19.7 Å². The van der Waals surface area contributed by atoms with Crippen molar-refractivity contribution >= 4 is 45.5 Å². The summed E-state index contributed by atoms with van der Waals surface area (Å²) in [5, 5.41) is 16.7. The van der Waals surface area contributed by atoms with Crippen molar-refractivity contribution in [3.63, 3.8) is 0 Å². The first-order chi connectivity index (χ1) is 18.7. The number of nitrogens with one attached hydrogen (secondary N) is 1. The second-order valence-corrected chi connectivity index (χ2v) is 9.63. The lowest BCUT2D eigenvalue weighted by Crippen LogP contribution is -2.36. The van der Waals surface area contributed by atoms with Crippen LogP contribution in [0.4, 0.5) is 16.5 Å². The molecular formula is C28H28N4O6S. The number of hydrogen-bond acceptors (Lipinski definition) is 10. The van der Waals surface area contributed by atoms with Crippen molar-refractivity contribution in [1.29, 1.82) is 0 Å². The number of ether oxygens (including phenoxy) is 2. The van der Waals surface area contributed by atoms with Crippen molar-refractivity contribution in [3.05, 3.63) is 80.9 Å². The summed E-state index contributed by atoms with van der Waals surface area (Å²) in [5.41, 5.74) is 4.28. The third-order valence-corrected chi connectivity index (χ3v) is 7.00. The molecule has 1 aliphatic heterocycles. The maximum Gasteiger partial charge on any atom is 0.336 e. The number of aromatic nitrogens is 1. The standard InChI is InChI=1S/C28H28N4O6S/c1-5-37-26(33)23-16(3)29-17(4)24(27(34)38-6-2)25(23)19-8-7-9-20(14-19)30-28-31-22(15-39-28)18-10-12-21(13-11-18)32(35)36/h7-15,23,25H,5-6H2,1-4H3,(H,30,31). The molecule has 0 amide bonds. The van der Waals surface area contributed by atoms with Gasteiger partial charge in [-0.25, -0.2) is 9.78 Å². The summed E-state index contributed by atoms with van der Waals surface area (Å²) in [6.45, 7) is 7.36. The molecule has 1 N–H and O–H groups in total. The molecule has 0 saturated heterocycles. The molecule has 1 aliphatic rings. The average molecular weight is 549 g/mol. The lowest BCUT2D eigenvalue weighted by atomic mass is 9.75. The molecule has 10 nitrogen and oxygen atoms in total. The fourth-order valence-electron chi connectivity index (χ4n) is 4.56. The van der Waals surface area contributed by atoms with Gasteiger partial charge >= 0.3 is 11.9 Å². The van der Waals surface area contributed by atoms with Gasteiger partial charge in [0.1, 0.15) is 5.92 Å². The average Bonchev–Trinajstić information content (AvgIpc) is 3.37. The SMILES string of the molecule is CCOC(=O)C1=C(C)N=C(C)C(C(=O)OCC)C1c1cccc(Nc2nc(-c3ccc([N+](=O)[O-])cc3)cs2)c1. The largest absolute Gasteiger partial charge is 0.465 e. The van der Waals surface area contributed by atoms with Gasteiger partial charge in [0.25, 0.3) is 5.69 Å². The fraction of sp³-hybridized carbons (Fsp3) is 0.286. The number of nitro groups is 1. The van der Waals surface area contributed by atoms with Crippen LogP contribution in [0.15, 0.2) is 70.2 Å². The molecule has 1 aromatic heterocycles. The van der Waals surface area contributed by atoms with E-state index in [1.54, 1.807) is 39.8 Å². The third-order valence-electron chi connectivity index (χ3n) is 6.24. The maximum atomic E-state index is 13.1. The maximum absolute atomic E-state index is 13.1. The summed E-state index contributed by atoms with van der Waals surface area (Å²) >= 11 is 1.38. The Bertz CT molecular complexity index is 1460. The normalized spacial score (nSPS) is 16.9. The van der Waals surface area contributed by atoms with Gasteiger partial charge in [-0.15, -0.1) is 11.3 Å². The highest BCUT2D eigenvalue weighted by atomic mass is 32.1. The highest BCUT2D eigenvalue weighted by Gasteiger charge is 2.42. The molecule has 39 heavy (non-hydrogen) atoms. The van der Waals surface area contributed by atoms with E-state index in [1.807, 2.05) is 29.6 Å². The van der Waals surface area contributed by atoms with Crippen LogP contribution in [0.5, 0.6) is 0 Å². The predicted octanol–water partition coefficient (Wildman–Crippen LogP) is 6.04. The third kappa shape index (κ3) is 6.04. The number of esters is 2. The highest BCUT2D eigenvalue weighted by Crippen LogP contribution is 2.41. The Labute approximate surface area is 229 Å². The molecule has 2 aromatic carbocycles. The van der Waals surface area contributed by atoms with E-state index in [4.69, 9.17) is 9.47 Å². The summed E-state index contributed by atoms with van der Waals surface area (Å²) in [7, 11) is 0. The van der Waals surface area contributed by atoms with E-state index < -0.39 is 28.7 Å². The van der Waals surface area contributed by atoms with Crippen molar-refractivity contribution in [2.75, 3.05) is 18.5 Å². The first-order valence-corrected chi connectivity index (χ1v) is 13.3. The minimum atomic E-state index is -0.781. The molecule has 0 aliphatic carbocycles. The second-order valence-electron chi connectivity index (χ2n) is 8.77. The number of anilines is 2. The number of thiazole rings is 1. The van der Waals surface area contributed by atoms with Crippen LogP contribution in [0.1, 0.15) is 39.2 Å². The Morgan fingerprint density at radius 2 is 1.79 bits per heavy atom. The number of rotatable bonds is 9. The van der Waals surface area contributed by atoms with Crippen molar-refractivity contribution in [3.8, 4) is 11.3 Å². The van der Waals surface area contributed by atoms with E-state index in [-0.39, 0.29) is 18.9 Å². The predicted molar refractivity (Wildman–Crippen MR) is 149 cm³/mol. The van der Waals surface area contributed by atoms with Crippen molar-refractivity contribution in [2.24, 2.45) is 10.9 Å². The minimum absolute atomic E-state index is 0.0136. The molecule has 11 heteroatoms. The quantitative estimate of drug-likeness (QED) is 0.194. The molecule has 2 unspecified atom stereocenters. The number of carbonyl (C=O) groups excluding carboxylic acids is 2. The number of non-ortho nitro benzene ring substituents is 1. The highest BCUT2D eigenvalue weighted by molar-refractivity contribution is 7.14. The molecule has 0 fully saturated rings. The summed E-state index contributed by atoms with van der Waals surface area (Å²) in [6.07, 6.45) is 0. The smallest absolute Gasteiger partial charge is 0.336 e. The van der Waals surface area contributed by atoms with E-state index in [0.717, 1.165) is 11.1 Å². The van der Waals surface area contributed by atoms with Crippen molar-refractivity contribution in [1.82, 2.24) is 4.98 Å². The number of hydrogen-bond donors (Lipinski definition) is 1. The Morgan fingerprint density at radius 3 is 2.46 bits per heavy atom. The summed E-state index contributed by atoms with van der Waals surface area (Å²) < 4.78 is 10.7. The van der Waals surface area contributed by atoms with Crippen LogP contribution in [-0.2, 0) is 19.1 Å². The minimum Gasteiger partial charge on any atom is -0.465 e. The van der Waals surface area contributed by atoms with E-state index in [1.165, 1.54) is 23.5 Å². The number of benzene rings is 2. The van der Waals surface area contributed by atoms with Crippen molar-refractivity contribution < 1.29 is 24.0 Å².